The Morgan fingerprint density at radius 2 is 1.00 bits per heavy atom. The highest BCUT2D eigenvalue weighted by molar-refractivity contribution is 9.10. The van der Waals surface area contributed by atoms with E-state index in [0.29, 0.717) is 50.4 Å². The van der Waals surface area contributed by atoms with Crippen LogP contribution >= 0.6 is 31.9 Å². The Kier molecular flexibility index (Phi) is 10.2. The molecule has 0 atom stereocenters. The van der Waals surface area contributed by atoms with Crippen LogP contribution in [-0.4, -0.2) is 40.8 Å². The molecule has 0 amide bonds. The second-order valence-corrected chi connectivity index (χ2v) is 13.5. The molecular weight excluding hydrogens is 716 g/mol. The first-order chi connectivity index (χ1) is 20.8. The van der Waals surface area contributed by atoms with Crippen molar-refractivity contribution in [2.24, 2.45) is 0 Å². The van der Waals surface area contributed by atoms with Crippen molar-refractivity contribution >= 4 is 63.2 Å². The van der Waals surface area contributed by atoms with Gasteiger partial charge >= 0.3 is 0 Å². The molecule has 4 aromatic carbocycles. The van der Waals surface area contributed by atoms with Crippen molar-refractivity contribution in [3.05, 3.63) is 116 Å². The first kappa shape index (κ1) is 31.3. The van der Waals surface area contributed by atoms with Crippen molar-refractivity contribution in [3.63, 3.8) is 0 Å². The lowest BCUT2D eigenvalue weighted by molar-refractivity contribution is 0.303. The highest BCUT2D eigenvalue weighted by Gasteiger charge is 2.49. The lowest BCUT2D eigenvalue weighted by Crippen LogP contribution is -2.30. The fourth-order valence-electron chi connectivity index (χ4n) is 5.69. The van der Waals surface area contributed by atoms with E-state index in [1.54, 1.807) is 0 Å². The van der Waals surface area contributed by atoms with E-state index >= 15 is 0 Å². The molecule has 4 aromatic rings. The number of hydrogen-bond donors (Lipinski definition) is 0. The van der Waals surface area contributed by atoms with Crippen LogP contribution < -0.4 is 9.47 Å². The SMILES string of the molecule is O=S(=O)=CCCCOc1ccccc1C1(c2ccccc2OCCCC=S(=O)=O)c2cc(Br)ccc2-c2ccc(Br)cc21. The predicted octanol–water partition coefficient (Wildman–Crippen LogP) is 7.26. The zero-order valence-electron chi connectivity index (χ0n) is 23.0. The van der Waals surface area contributed by atoms with Gasteiger partial charge in [0.2, 0.25) is 20.6 Å². The molecule has 0 saturated carbocycles. The van der Waals surface area contributed by atoms with Gasteiger partial charge in [-0.25, -0.2) is 0 Å². The van der Waals surface area contributed by atoms with Gasteiger partial charge in [-0.05, 0) is 84.3 Å². The normalized spacial score (nSPS) is 12.6. The minimum atomic E-state index is -2.20. The molecule has 0 bridgehead atoms. The van der Waals surface area contributed by atoms with Crippen LogP contribution in [0.5, 0.6) is 11.5 Å². The molecule has 5 rings (SSSR count). The van der Waals surface area contributed by atoms with Crippen LogP contribution in [0.2, 0.25) is 0 Å². The summed E-state index contributed by atoms with van der Waals surface area (Å²) in [5.74, 6) is 1.37. The van der Waals surface area contributed by atoms with Gasteiger partial charge in [-0.15, -0.1) is 0 Å². The Balaban J connectivity index is 1.72. The zero-order valence-corrected chi connectivity index (χ0v) is 27.8. The second kappa shape index (κ2) is 14.1. The first-order valence-corrected chi connectivity index (χ1v) is 17.6. The topological polar surface area (TPSA) is 86.7 Å². The number of benzene rings is 4. The van der Waals surface area contributed by atoms with Crippen molar-refractivity contribution in [2.75, 3.05) is 13.2 Å². The number of para-hydroxylation sites is 2. The van der Waals surface area contributed by atoms with E-state index in [1.165, 1.54) is 10.7 Å². The maximum Gasteiger partial charge on any atom is 0.209 e. The van der Waals surface area contributed by atoms with Crippen LogP contribution in [-0.2, 0) is 26.0 Å². The lowest BCUT2D eigenvalue weighted by Gasteiger charge is -2.36. The lowest BCUT2D eigenvalue weighted by atomic mass is 9.67. The molecule has 0 fully saturated rings. The third kappa shape index (κ3) is 6.67. The summed E-state index contributed by atoms with van der Waals surface area (Å²) in [6.07, 6.45) is 1.88. The molecule has 0 radical (unpaired) electrons. The summed E-state index contributed by atoms with van der Waals surface area (Å²) in [6.45, 7) is 0.681. The molecule has 0 N–H and O–H groups in total. The van der Waals surface area contributed by atoms with E-state index in [1.807, 2.05) is 48.5 Å². The summed E-state index contributed by atoms with van der Waals surface area (Å²) in [7, 11) is -4.40. The molecular formula is C33H28Br2O6S2. The van der Waals surface area contributed by atoms with Gasteiger partial charge in [0.15, 0.2) is 0 Å². The summed E-state index contributed by atoms with van der Waals surface area (Å²) < 4.78 is 58.6. The van der Waals surface area contributed by atoms with E-state index < -0.39 is 26.0 Å². The van der Waals surface area contributed by atoms with Gasteiger partial charge in [-0.3, -0.25) is 0 Å². The Morgan fingerprint density at radius 3 is 1.42 bits per heavy atom. The van der Waals surface area contributed by atoms with Gasteiger partial charge in [-0.1, -0.05) is 80.4 Å². The molecule has 0 unspecified atom stereocenters. The Hall–Kier alpha value is -3.18. The number of fused-ring (bicyclic) bond motifs is 3. The maximum atomic E-state index is 11.0. The number of unbranched alkanes of at least 4 members (excludes halogenated alkanes) is 2. The van der Waals surface area contributed by atoms with E-state index in [2.05, 4.69) is 68.3 Å². The summed E-state index contributed by atoms with van der Waals surface area (Å²) in [6, 6.07) is 28.5. The molecule has 43 heavy (non-hydrogen) atoms. The molecule has 222 valence electrons. The Bertz CT molecular complexity index is 1780. The number of rotatable bonds is 12. The quantitative estimate of drug-likeness (QED) is 0.0989. The average Bonchev–Trinajstić information content (AvgIpc) is 3.26. The second-order valence-electron chi connectivity index (χ2n) is 9.96. The Morgan fingerprint density at radius 1 is 0.581 bits per heavy atom. The van der Waals surface area contributed by atoms with Crippen molar-refractivity contribution in [1.29, 1.82) is 0 Å². The van der Waals surface area contributed by atoms with Gasteiger partial charge in [0, 0.05) is 30.8 Å². The van der Waals surface area contributed by atoms with Gasteiger partial charge in [0.25, 0.3) is 0 Å². The largest absolute Gasteiger partial charge is 0.493 e. The molecule has 1 aliphatic carbocycles. The standard InChI is InChI=1S/C33H28Br2O6S2/c34-23-13-15-25-26-16-14-24(35)22-30(26)33(29(25)21-23,27-9-1-3-11-31(27)40-17-5-7-19-42(36)37)28-10-2-4-12-32(28)41-18-6-8-20-43(38)39/h1-4,9-16,19-22H,5-8,17-18H2. The number of halogens is 2. The fraction of sp³-hybridized carbons (Fsp3) is 0.212. The van der Waals surface area contributed by atoms with Crippen LogP contribution in [0.3, 0.4) is 0 Å². The van der Waals surface area contributed by atoms with Gasteiger partial charge in [0.1, 0.15) is 11.5 Å². The first-order valence-electron chi connectivity index (χ1n) is 13.7. The summed E-state index contributed by atoms with van der Waals surface area (Å²) in [4.78, 5) is 0. The molecule has 0 spiro atoms. The van der Waals surface area contributed by atoms with Crippen molar-refractivity contribution in [3.8, 4) is 22.6 Å². The van der Waals surface area contributed by atoms with E-state index in [9.17, 15) is 16.8 Å². The molecule has 10 heteroatoms. The van der Waals surface area contributed by atoms with Crippen LogP contribution in [0.25, 0.3) is 11.1 Å². The average molecular weight is 745 g/mol. The Labute approximate surface area is 271 Å². The van der Waals surface area contributed by atoms with Gasteiger partial charge in [0.05, 0.1) is 18.6 Å². The van der Waals surface area contributed by atoms with Crippen molar-refractivity contribution in [1.82, 2.24) is 0 Å². The minimum absolute atomic E-state index is 0.340. The smallest absolute Gasteiger partial charge is 0.209 e. The maximum absolute atomic E-state index is 11.0. The summed E-state index contributed by atoms with van der Waals surface area (Å²) >= 11 is 7.44. The molecule has 0 aliphatic heterocycles. The molecule has 1 aliphatic rings. The molecule has 6 nitrogen and oxygen atoms in total. The molecule has 0 aromatic heterocycles. The summed E-state index contributed by atoms with van der Waals surface area (Å²) in [5, 5.41) is 2.49. The van der Waals surface area contributed by atoms with E-state index in [-0.39, 0.29) is 0 Å². The van der Waals surface area contributed by atoms with Gasteiger partial charge < -0.3 is 9.47 Å². The summed E-state index contributed by atoms with van der Waals surface area (Å²) in [5.41, 5.74) is 5.32. The minimum Gasteiger partial charge on any atom is -0.493 e. The zero-order chi connectivity index (χ0) is 30.4. The van der Waals surface area contributed by atoms with Crippen molar-refractivity contribution in [2.45, 2.75) is 31.1 Å². The van der Waals surface area contributed by atoms with Crippen LogP contribution in [0.1, 0.15) is 47.9 Å². The third-order valence-electron chi connectivity index (χ3n) is 7.36. The number of hydrogen-bond acceptors (Lipinski definition) is 6. The molecule has 0 saturated heterocycles. The van der Waals surface area contributed by atoms with Crippen molar-refractivity contribution < 1.29 is 26.3 Å². The molecule has 0 heterocycles. The highest BCUT2D eigenvalue weighted by Crippen LogP contribution is 2.60. The van der Waals surface area contributed by atoms with Crippen LogP contribution in [0.15, 0.2) is 93.9 Å². The fourth-order valence-corrected chi connectivity index (χ4v) is 7.13. The highest BCUT2D eigenvalue weighted by atomic mass is 79.9. The number of ether oxygens (including phenoxy) is 2. The monoisotopic (exact) mass is 742 g/mol. The van der Waals surface area contributed by atoms with Crippen LogP contribution in [0, 0.1) is 0 Å². The third-order valence-corrected chi connectivity index (χ3v) is 9.37. The van der Waals surface area contributed by atoms with E-state index in [0.717, 1.165) is 42.3 Å². The predicted molar refractivity (Wildman–Crippen MR) is 179 cm³/mol. The van der Waals surface area contributed by atoms with E-state index in [4.69, 9.17) is 9.47 Å². The van der Waals surface area contributed by atoms with Crippen LogP contribution in [0.4, 0.5) is 0 Å². The van der Waals surface area contributed by atoms with Gasteiger partial charge in [-0.2, -0.15) is 16.8 Å².